The van der Waals surface area contributed by atoms with Gasteiger partial charge in [0.1, 0.15) is 11.5 Å². The third-order valence-corrected chi connectivity index (χ3v) is 3.68. The van der Waals surface area contributed by atoms with E-state index in [9.17, 15) is 9.59 Å². The van der Waals surface area contributed by atoms with Gasteiger partial charge in [-0.3, -0.25) is 9.59 Å². The molecule has 0 aliphatic carbocycles. The Morgan fingerprint density at radius 2 is 2.17 bits per heavy atom. The summed E-state index contributed by atoms with van der Waals surface area (Å²) < 4.78 is 10.4. The van der Waals surface area contributed by atoms with Crippen LogP contribution in [0.5, 0.6) is 11.5 Å². The Balaban J connectivity index is 2.01. The molecule has 1 heterocycles. The summed E-state index contributed by atoms with van der Waals surface area (Å²) in [5.74, 6) is 1.09. The summed E-state index contributed by atoms with van der Waals surface area (Å²) in [4.78, 5) is 23.6. The van der Waals surface area contributed by atoms with Crippen molar-refractivity contribution in [2.45, 2.75) is 25.3 Å². The van der Waals surface area contributed by atoms with Crippen LogP contribution in [0.3, 0.4) is 0 Å². The number of rotatable bonds is 5. The normalized spacial score (nSPS) is 18.2. The topological polar surface area (TPSA) is 76.7 Å². The van der Waals surface area contributed by atoms with Gasteiger partial charge in [0, 0.05) is 30.6 Å². The third kappa shape index (κ3) is 5.02. The van der Waals surface area contributed by atoms with E-state index in [1.807, 2.05) is 0 Å². The molecule has 2 N–H and O–H groups in total. The Morgan fingerprint density at radius 1 is 1.35 bits per heavy atom. The SMILES string of the molecule is COc1ccc(OC)c(C=CC(=O)NC2CCCNC(=O)C2)c1. The highest BCUT2D eigenvalue weighted by molar-refractivity contribution is 5.92. The molecule has 6 heteroatoms. The summed E-state index contributed by atoms with van der Waals surface area (Å²) in [5.41, 5.74) is 0.751. The van der Waals surface area contributed by atoms with Crippen molar-refractivity contribution in [3.8, 4) is 11.5 Å². The second-order valence-electron chi connectivity index (χ2n) is 5.34. The van der Waals surface area contributed by atoms with Crippen molar-refractivity contribution in [3.05, 3.63) is 29.8 Å². The quantitative estimate of drug-likeness (QED) is 0.807. The number of carbonyl (C=O) groups excluding carboxylic acids is 2. The Bertz CT molecular complexity index is 598. The predicted octanol–water partition coefficient (Wildman–Crippen LogP) is 1.50. The molecule has 1 atom stereocenters. The summed E-state index contributed by atoms with van der Waals surface area (Å²) in [6.45, 7) is 0.669. The van der Waals surface area contributed by atoms with Crippen LogP contribution in [0.15, 0.2) is 24.3 Å². The van der Waals surface area contributed by atoms with Crippen LogP contribution in [-0.4, -0.2) is 38.6 Å². The number of methoxy groups -OCH3 is 2. The van der Waals surface area contributed by atoms with Crippen molar-refractivity contribution in [2.24, 2.45) is 0 Å². The minimum atomic E-state index is -0.227. The second-order valence-corrected chi connectivity index (χ2v) is 5.34. The Labute approximate surface area is 135 Å². The van der Waals surface area contributed by atoms with Gasteiger partial charge in [-0.05, 0) is 37.1 Å². The highest BCUT2D eigenvalue weighted by Crippen LogP contribution is 2.25. The van der Waals surface area contributed by atoms with Gasteiger partial charge in [-0.1, -0.05) is 0 Å². The number of benzene rings is 1. The van der Waals surface area contributed by atoms with Gasteiger partial charge in [0.05, 0.1) is 14.2 Å². The first-order valence-corrected chi connectivity index (χ1v) is 7.59. The lowest BCUT2D eigenvalue weighted by Gasteiger charge is -2.13. The minimum absolute atomic E-state index is 0.0220. The molecule has 1 saturated heterocycles. The number of ether oxygens (including phenoxy) is 2. The van der Waals surface area contributed by atoms with Crippen LogP contribution >= 0.6 is 0 Å². The molecule has 124 valence electrons. The molecule has 2 amide bonds. The van der Waals surface area contributed by atoms with Gasteiger partial charge in [0.2, 0.25) is 11.8 Å². The van der Waals surface area contributed by atoms with E-state index in [2.05, 4.69) is 10.6 Å². The molecule has 0 bridgehead atoms. The average Bonchev–Trinajstić information content (AvgIpc) is 2.76. The van der Waals surface area contributed by atoms with Crippen LogP contribution in [0.4, 0.5) is 0 Å². The predicted molar refractivity (Wildman–Crippen MR) is 87.4 cm³/mol. The van der Waals surface area contributed by atoms with E-state index in [0.717, 1.165) is 18.4 Å². The lowest BCUT2D eigenvalue weighted by Crippen LogP contribution is -2.35. The summed E-state index contributed by atoms with van der Waals surface area (Å²) in [6.07, 6.45) is 5.10. The summed E-state index contributed by atoms with van der Waals surface area (Å²) in [6, 6.07) is 5.25. The summed E-state index contributed by atoms with van der Waals surface area (Å²) in [7, 11) is 3.16. The van der Waals surface area contributed by atoms with Gasteiger partial charge in [-0.2, -0.15) is 0 Å². The monoisotopic (exact) mass is 318 g/mol. The van der Waals surface area contributed by atoms with Crippen LogP contribution in [0.2, 0.25) is 0 Å². The first-order chi connectivity index (χ1) is 11.1. The van der Waals surface area contributed by atoms with Gasteiger partial charge in [-0.25, -0.2) is 0 Å². The molecule has 1 fully saturated rings. The van der Waals surface area contributed by atoms with Gasteiger partial charge < -0.3 is 20.1 Å². The van der Waals surface area contributed by atoms with Crippen LogP contribution in [-0.2, 0) is 9.59 Å². The van der Waals surface area contributed by atoms with E-state index in [4.69, 9.17) is 9.47 Å². The Morgan fingerprint density at radius 3 is 2.91 bits per heavy atom. The molecule has 6 nitrogen and oxygen atoms in total. The van der Waals surface area contributed by atoms with E-state index >= 15 is 0 Å². The minimum Gasteiger partial charge on any atom is -0.497 e. The lowest BCUT2D eigenvalue weighted by molar-refractivity contribution is -0.121. The third-order valence-electron chi connectivity index (χ3n) is 3.68. The van der Waals surface area contributed by atoms with Gasteiger partial charge in [0.25, 0.3) is 0 Å². The fraction of sp³-hybridized carbons (Fsp3) is 0.412. The van der Waals surface area contributed by atoms with Crippen molar-refractivity contribution in [2.75, 3.05) is 20.8 Å². The zero-order valence-corrected chi connectivity index (χ0v) is 13.4. The van der Waals surface area contributed by atoms with Crippen molar-refractivity contribution < 1.29 is 19.1 Å². The van der Waals surface area contributed by atoms with E-state index in [-0.39, 0.29) is 17.9 Å². The highest BCUT2D eigenvalue weighted by atomic mass is 16.5. The molecular weight excluding hydrogens is 296 g/mol. The van der Waals surface area contributed by atoms with Gasteiger partial charge in [-0.15, -0.1) is 0 Å². The van der Waals surface area contributed by atoms with Gasteiger partial charge in [0.15, 0.2) is 0 Å². The first kappa shape index (κ1) is 16.9. The maximum Gasteiger partial charge on any atom is 0.244 e. The molecular formula is C17H22N2O4. The maximum atomic E-state index is 12.1. The standard InChI is InChI=1S/C17H22N2O4/c1-22-14-6-7-15(23-2)12(10-14)5-8-16(20)19-13-4-3-9-18-17(21)11-13/h5-8,10,13H,3-4,9,11H2,1-2H3,(H,18,21)(H,19,20). The molecule has 0 aromatic heterocycles. The molecule has 1 aliphatic heterocycles. The molecule has 2 rings (SSSR count). The second kappa shape index (κ2) is 8.22. The number of hydrogen-bond donors (Lipinski definition) is 2. The average molecular weight is 318 g/mol. The van der Waals surface area contributed by atoms with Crippen LogP contribution in [0.1, 0.15) is 24.8 Å². The zero-order valence-electron chi connectivity index (χ0n) is 13.4. The molecule has 1 unspecified atom stereocenters. The van der Waals surface area contributed by atoms with E-state index < -0.39 is 0 Å². The molecule has 23 heavy (non-hydrogen) atoms. The molecule has 1 aromatic carbocycles. The van der Waals surface area contributed by atoms with E-state index in [1.54, 1.807) is 38.5 Å². The number of nitrogens with one attached hydrogen (secondary N) is 2. The van der Waals surface area contributed by atoms with Crippen LogP contribution in [0, 0.1) is 0 Å². The number of amides is 2. The molecule has 1 aliphatic rings. The summed E-state index contributed by atoms with van der Waals surface area (Å²) in [5, 5.41) is 5.66. The number of hydrogen-bond acceptors (Lipinski definition) is 4. The molecule has 0 radical (unpaired) electrons. The molecule has 0 spiro atoms. The fourth-order valence-corrected chi connectivity index (χ4v) is 2.48. The zero-order chi connectivity index (χ0) is 16.7. The summed E-state index contributed by atoms with van der Waals surface area (Å²) >= 11 is 0. The first-order valence-electron chi connectivity index (χ1n) is 7.59. The molecule has 1 aromatic rings. The fourth-order valence-electron chi connectivity index (χ4n) is 2.48. The maximum absolute atomic E-state index is 12.1. The van der Waals surface area contributed by atoms with Crippen molar-refractivity contribution in [1.29, 1.82) is 0 Å². The van der Waals surface area contributed by atoms with Crippen LogP contribution < -0.4 is 20.1 Å². The van der Waals surface area contributed by atoms with E-state index in [0.29, 0.717) is 24.5 Å². The Hall–Kier alpha value is -2.50. The largest absolute Gasteiger partial charge is 0.497 e. The molecule has 0 saturated carbocycles. The van der Waals surface area contributed by atoms with Crippen molar-refractivity contribution >= 4 is 17.9 Å². The van der Waals surface area contributed by atoms with E-state index in [1.165, 1.54) is 6.08 Å². The van der Waals surface area contributed by atoms with Crippen molar-refractivity contribution in [3.63, 3.8) is 0 Å². The Kier molecular flexibility index (Phi) is 6.02. The van der Waals surface area contributed by atoms with Crippen molar-refractivity contribution in [1.82, 2.24) is 10.6 Å². The lowest BCUT2D eigenvalue weighted by atomic mass is 10.1. The highest BCUT2D eigenvalue weighted by Gasteiger charge is 2.18. The van der Waals surface area contributed by atoms with Gasteiger partial charge >= 0.3 is 0 Å². The van der Waals surface area contributed by atoms with Crippen LogP contribution in [0.25, 0.3) is 6.08 Å². The number of carbonyl (C=O) groups is 2. The smallest absolute Gasteiger partial charge is 0.244 e.